The number of Topliss-reactive ketones (excluding diaryl/α,β-unsaturated/α-hetero) is 2. The van der Waals surface area contributed by atoms with E-state index in [0.717, 1.165) is 0 Å². The molecule has 22 heavy (non-hydrogen) atoms. The number of ketones is 2. The monoisotopic (exact) mass is 303 g/mol. The molecule has 116 valence electrons. The first-order valence-corrected chi connectivity index (χ1v) is 7.56. The number of halogens is 1. The van der Waals surface area contributed by atoms with Crippen molar-refractivity contribution in [1.82, 2.24) is 4.90 Å². The molecule has 1 saturated heterocycles. The van der Waals surface area contributed by atoms with E-state index in [2.05, 4.69) is 0 Å². The fourth-order valence-electron chi connectivity index (χ4n) is 3.56. The van der Waals surface area contributed by atoms with E-state index in [1.165, 1.54) is 24.3 Å². The number of carbonyl (C=O) groups excluding carboxylic acids is 3. The molecule has 1 aromatic rings. The average Bonchev–Trinajstić information content (AvgIpc) is 2.47. The van der Waals surface area contributed by atoms with Gasteiger partial charge in [-0.05, 0) is 42.5 Å². The van der Waals surface area contributed by atoms with Gasteiger partial charge in [0.2, 0.25) is 0 Å². The van der Waals surface area contributed by atoms with Crippen molar-refractivity contribution in [3.05, 3.63) is 35.6 Å². The standard InChI is InChI=1S/C17H18FNO3/c18-13-3-1-12(2-4-13)16(22)19-7-5-17(6-8-19)10-14(20)9-15(21)11-17/h1-4H,5-11H2. The maximum absolute atomic E-state index is 12.9. The molecular formula is C17H18FNO3. The van der Waals surface area contributed by atoms with E-state index in [0.29, 0.717) is 44.3 Å². The Labute approximate surface area is 128 Å². The first-order valence-electron chi connectivity index (χ1n) is 7.56. The van der Waals surface area contributed by atoms with Gasteiger partial charge in [0.25, 0.3) is 5.91 Å². The maximum atomic E-state index is 12.9. The molecule has 0 aromatic heterocycles. The van der Waals surface area contributed by atoms with Gasteiger partial charge in [0, 0.05) is 31.5 Å². The Bertz CT molecular complexity index is 597. The fourth-order valence-corrected chi connectivity index (χ4v) is 3.56. The molecule has 0 radical (unpaired) electrons. The van der Waals surface area contributed by atoms with Crippen LogP contribution in [0.1, 0.15) is 42.5 Å². The first-order chi connectivity index (χ1) is 10.5. The van der Waals surface area contributed by atoms with Crippen LogP contribution in [0.15, 0.2) is 24.3 Å². The lowest BCUT2D eigenvalue weighted by Gasteiger charge is -2.43. The summed E-state index contributed by atoms with van der Waals surface area (Å²) in [4.78, 5) is 37.5. The van der Waals surface area contributed by atoms with Crippen LogP contribution in [0.4, 0.5) is 4.39 Å². The Morgan fingerprint density at radius 2 is 1.55 bits per heavy atom. The summed E-state index contributed by atoms with van der Waals surface area (Å²) in [6.45, 7) is 1.08. The van der Waals surface area contributed by atoms with Gasteiger partial charge in [-0.3, -0.25) is 14.4 Å². The molecule has 4 nitrogen and oxygen atoms in total. The van der Waals surface area contributed by atoms with Crippen LogP contribution in [0.3, 0.4) is 0 Å². The molecule has 0 atom stereocenters. The molecule has 2 fully saturated rings. The van der Waals surface area contributed by atoms with Crippen LogP contribution in [0, 0.1) is 11.2 Å². The summed E-state index contributed by atoms with van der Waals surface area (Å²) >= 11 is 0. The van der Waals surface area contributed by atoms with E-state index in [9.17, 15) is 18.8 Å². The van der Waals surface area contributed by atoms with Crippen molar-refractivity contribution in [3.8, 4) is 0 Å². The molecule has 2 aliphatic rings. The Balaban J connectivity index is 1.66. The summed E-state index contributed by atoms with van der Waals surface area (Å²) in [5, 5.41) is 0. The van der Waals surface area contributed by atoms with E-state index in [1.807, 2.05) is 0 Å². The number of nitrogens with zero attached hydrogens (tertiary/aromatic N) is 1. The molecule has 3 rings (SSSR count). The fraction of sp³-hybridized carbons (Fsp3) is 0.471. The molecule has 1 saturated carbocycles. The molecule has 1 amide bonds. The Kier molecular flexibility index (Phi) is 3.81. The molecule has 1 aliphatic heterocycles. The molecule has 0 unspecified atom stereocenters. The van der Waals surface area contributed by atoms with E-state index in [4.69, 9.17) is 0 Å². The van der Waals surface area contributed by atoms with Gasteiger partial charge in [-0.15, -0.1) is 0 Å². The lowest BCUT2D eigenvalue weighted by atomic mass is 9.67. The molecule has 1 spiro atoms. The third kappa shape index (κ3) is 2.93. The van der Waals surface area contributed by atoms with Crippen LogP contribution >= 0.6 is 0 Å². The zero-order valence-electron chi connectivity index (χ0n) is 12.3. The molecule has 1 aromatic carbocycles. The lowest BCUT2D eigenvalue weighted by Crippen LogP contribution is -2.46. The van der Waals surface area contributed by atoms with Gasteiger partial charge in [0.1, 0.15) is 17.4 Å². The summed E-state index contributed by atoms with van der Waals surface area (Å²) in [5.41, 5.74) is 0.222. The van der Waals surface area contributed by atoms with Crippen LogP contribution in [-0.4, -0.2) is 35.5 Å². The van der Waals surface area contributed by atoms with E-state index < -0.39 is 0 Å². The smallest absolute Gasteiger partial charge is 0.253 e. The molecule has 1 heterocycles. The summed E-state index contributed by atoms with van der Waals surface area (Å²) in [5.74, 6) is -0.444. The molecule has 0 N–H and O–H groups in total. The number of hydrogen-bond acceptors (Lipinski definition) is 3. The number of hydrogen-bond donors (Lipinski definition) is 0. The lowest BCUT2D eigenvalue weighted by molar-refractivity contribution is -0.135. The van der Waals surface area contributed by atoms with Crippen molar-refractivity contribution in [2.45, 2.75) is 32.1 Å². The second-order valence-electron chi connectivity index (χ2n) is 6.41. The van der Waals surface area contributed by atoms with Gasteiger partial charge in [-0.1, -0.05) is 0 Å². The van der Waals surface area contributed by atoms with Gasteiger partial charge >= 0.3 is 0 Å². The van der Waals surface area contributed by atoms with E-state index in [-0.39, 0.29) is 35.1 Å². The number of carbonyl (C=O) groups is 3. The number of likely N-dealkylation sites (tertiary alicyclic amines) is 1. The van der Waals surface area contributed by atoms with Gasteiger partial charge in [0.15, 0.2) is 0 Å². The zero-order chi connectivity index (χ0) is 15.7. The number of benzene rings is 1. The average molecular weight is 303 g/mol. The van der Waals surface area contributed by atoms with Crippen molar-refractivity contribution < 1.29 is 18.8 Å². The van der Waals surface area contributed by atoms with Crippen LogP contribution < -0.4 is 0 Å². The van der Waals surface area contributed by atoms with Crippen LogP contribution in [-0.2, 0) is 9.59 Å². The van der Waals surface area contributed by atoms with Crippen molar-refractivity contribution in [2.24, 2.45) is 5.41 Å². The van der Waals surface area contributed by atoms with E-state index in [1.54, 1.807) is 4.90 Å². The second kappa shape index (κ2) is 5.63. The number of piperidine rings is 1. The second-order valence-corrected chi connectivity index (χ2v) is 6.41. The minimum absolute atomic E-state index is 0.0227. The van der Waals surface area contributed by atoms with Crippen LogP contribution in [0.25, 0.3) is 0 Å². The third-order valence-corrected chi connectivity index (χ3v) is 4.74. The van der Waals surface area contributed by atoms with Gasteiger partial charge in [0.05, 0.1) is 6.42 Å². The van der Waals surface area contributed by atoms with Gasteiger partial charge in [-0.2, -0.15) is 0 Å². The molecule has 5 heteroatoms. The molecular weight excluding hydrogens is 285 g/mol. The molecule has 0 bridgehead atoms. The highest BCUT2D eigenvalue weighted by molar-refractivity contribution is 6.02. The van der Waals surface area contributed by atoms with E-state index >= 15 is 0 Å². The number of rotatable bonds is 1. The van der Waals surface area contributed by atoms with Crippen molar-refractivity contribution in [2.75, 3.05) is 13.1 Å². The highest BCUT2D eigenvalue weighted by atomic mass is 19.1. The minimum atomic E-state index is -0.367. The summed E-state index contributed by atoms with van der Waals surface area (Å²) in [6, 6.07) is 5.51. The predicted octanol–water partition coefficient (Wildman–Crippen LogP) is 2.37. The Hall–Kier alpha value is -2.04. The number of amides is 1. The Morgan fingerprint density at radius 3 is 2.09 bits per heavy atom. The maximum Gasteiger partial charge on any atom is 0.253 e. The SMILES string of the molecule is O=C1CC(=O)CC2(CCN(C(=O)c3ccc(F)cc3)CC2)C1. The summed E-state index contributed by atoms with van der Waals surface area (Å²) < 4.78 is 12.9. The first kappa shape index (κ1) is 14.9. The summed E-state index contributed by atoms with van der Waals surface area (Å²) in [7, 11) is 0. The quantitative estimate of drug-likeness (QED) is 0.748. The third-order valence-electron chi connectivity index (χ3n) is 4.74. The minimum Gasteiger partial charge on any atom is -0.339 e. The van der Waals surface area contributed by atoms with Crippen molar-refractivity contribution in [1.29, 1.82) is 0 Å². The van der Waals surface area contributed by atoms with Crippen LogP contribution in [0.2, 0.25) is 0 Å². The Morgan fingerprint density at radius 1 is 1.00 bits per heavy atom. The zero-order valence-corrected chi connectivity index (χ0v) is 12.3. The van der Waals surface area contributed by atoms with Crippen LogP contribution in [0.5, 0.6) is 0 Å². The molecule has 1 aliphatic carbocycles. The summed E-state index contributed by atoms with van der Waals surface area (Å²) in [6.07, 6.45) is 2.34. The highest BCUT2D eigenvalue weighted by Gasteiger charge is 2.42. The van der Waals surface area contributed by atoms with Gasteiger partial charge < -0.3 is 4.90 Å². The van der Waals surface area contributed by atoms with Crippen molar-refractivity contribution in [3.63, 3.8) is 0 Å². The predicted molar refractivity (Wildman–Crippen MR) is 77.8 cm³/mol. The highest BCUT2D eigenvalue weighted by Crippen LogP contribution is 2.42. The van der Waals surface area contributed by atoms with Crippen molar-refractivity contribution >= 4 is 17.5 Å². The van der Waals surface area contributed by atoms with Gasteiger partial charge in [-0.25, -0.2) is 4.39 Å². The normalized spacial score (nSPS) is 21.2. The largest absolute Gasteiger partial charge is 0.339 e. The topological polar surface area (TPSA) is 54.5 Å².